The number of hydrogen-bond donors (Lipinski definition) is 0. The molecule has 0 unspecified atom stereocenters. The number of hydrogen-bond acceptors (Lipinski definition) is 3. The van der Waals surface area contributed by atoms with E-state index in [2.05, 4.69) is 114 Å². The molecule has 278 valence electrons. The van der Waals surface area contributed by atoms with Gasteiger partial charge in [0.1, 0.15) is 0 Å². The second-order valence-electron chi connectivity index (χ2n) is 15.5. The van der Waals surface area contributed by atoms with E-state index in [9.17, 15) is 0 Å². The van der Waals surface area contributed by atoms with Gasteiger partial charge in [0.15, 0.2) is 0 Å². The third kappa shape index (κ3) is 12.6. The molecule has 0 aromatic carbocycles. The van der Waals surface area contributed by atoms with Crippen LogP contribution in [-0.4, -0.2) is 36.8 Å². The summed E-state index contributed by atoms with van der Waals surface area (Å²) in [6.45, 7) is 19.3. The molecule has 0 bridgehead atoms. The Labute approximate surface area is 325 Å². The third-order valence-corrected chi connectivity index (χ3v) is 51.6. The molecule has 0 saturated heterocycles. The monoisotopic (exact) mass is 940 g/mol. The molecule has 3 aromatic rings. The molecular formula is C44H76S3Sn2. The van der Waals surface area contributed by atoms with Gasteiger partial charge >= 0.3 is 329 Å². The summed E-state index contributed by atoms with van der Waals surface area (Å²) in [5, 5.41) is 0. The predicted molar refractivity (Wildman–Crippen MR) is 237 cm³/mol. The number of aryl methyl sites for hydroxylation is 2. The zero-order chi connectivity index (χ0) is 35.5. The molecule has 5 heteroatoms. The molecule has 0 atom stereocenters. The van der Waals surface area contributed by atoms with E-state index in [0.717, 1.165) is 0 Å². The van der Waals surface area contributed by atoms with Gasteiger partial charge in [-0.15, -0.1) is 0 Å². The molecule has 3 rings (SSSR count). The summed E-state index contributed by atoms with van der Waals surface area (Å²) in [4.78, 5) is 6.49. The van der Waals surface area contributed by atoms with E-state index in [4.69, 9.17) is 0 Å². The molecule has 0 aliphatic rings. The average molecular weight is 939 g/mol. The summed E-state index contributed by atoms with van der Waals surface area (Å²) in [6.07, 6.45) is 24.6. The van der Waals surface area contributed by atoms with Gasteiger partial charge < -0.3 is 0 Å². The van der Waals surface area contributed by atoms with Gasteiger partial charge in [-0.05, 0) is 0 Å². The molecule has 0 amide bonds. The molecule has 0 saturated carbocycles. The summed E-state index contributed by atoms with van der Waals surface area (Å²) >= 11 is 1.79. The normalized spacial score (nSPS) is 12.4. The van der Waals surface area contributed by atoms with Crippen molar-refractivity contribution in [3.63, 3.8) is 0 Å². The van der Waals surface area contributed by atoms with Gasteiger partial charge in [-0.2, -0.15) is 0 Å². The zero-order valence-corrected chi connectivity index (χ0v) is 41.7. The van der Waals surface area contributed by atoms with E-state index in [0.29, 0.717) is 0 Å². The summed E-state index contributed by atoms with van der Waals surface area (Å²) in [7, 11) is 0. The van der Waals surface area contributed by atoms with Crippen molar-refractivity contribution in [2.75, 3.05) is 0 Å². The van der Waals surface area contributed by atoms with Gasteiger partial charge in [0.2, 0.25) is 0 Å². The topological polar surface area (TPSA) is 0 Å². The van der Waals surface area contributed by atoms with E-state index in [1.54, 1.807) is 57.3 Å². The molecule has 3 aromatic heterocycles. The molecule has 0 aliphatic heterocycles. The summed E-state index contributed by atoms with van der Waals surface area (Å²) in [5.74, 6) is 0. The first-order valence-corrected chi connectivity index (χ1v) is 38.7. The number of unbranched alkanes of at least 4 members (excludes halogenated alkanes) is 8. The van der Waals surface area contributed by atoms with Crippen molar-refractivity contribution in [3.8, 4) is 19.5 Å². The van der Waals surface area contributed by atoms with Crippen LogP contribution >= 0.6 is 34.0 Å². The molecule has 0 N–H and O–H groups in total. The molecule has 0 radical (unpaired) electrons. The van der Waals surface area contributed by atoms with E-state index in [-0.39, 0.29) is 0 Å². The van der Waals surface area contributed by atoms with E-state index in [1.807, 2.05) is 5.79 Å². The van der Waals surface area contributed by atoms with E-state index >= 15 is 0 Å². The van der Waals surface area contributed by atoms with Crippen LogP contribution in [0.15, 0.2) is 24.3 Å². The molecule has 0 spiro atoms. The number of thiophene rings is 3. The predicted octanol–water partition coefficient (Wildman–Crippen LogP) is 16.0. The Bertz CT molecular complexity index is 1160. The van der Waals surface area contributed by atoms with Gasteiger partial charge in [0.25, 0.3) is 0 Å². The quantitative estimate of drug-likeness (QED) is 0.0637. The molecule has 0 fully saturated rings. The summed E-state index contributed by atoms with van der Waals surface area (Å²) in [5.41, 5.74) is 3.40. The van der Waals surface area contributed by atoms with Crippen molar-refractivity contribution in [3.05, 3.63) is 35.4 Å². The Balaban J connectivity index is 2.14. The van der Waals surface area contributed by atoms with Crippen LogP contribution in [0.25, 0.3) is 19.5 Å². The van der Waals surface area contributed by atoms with Crippen molar-refractivity contribution in [2.45, 2.75) is 198 Å². The van der Waals surface area contributed by atoms with Crippen molar-refractivity contribution in [2.24, 2.45) is 0 Å². The van der Waals surface area contributed by atoms with Crippen LogP contribution in [-0.2, 0) is 12.8 Å². The molecule has 49 heavy (non-hydrogen) atoms. The molecule has 3 heterocycles. The van der Waals surface area contributed by atoms with Crippen molar-refractivity contribution in [1.82, 2.24) is 0 Å². The van der Waals surface area contributed by atoms with Crippen molar-refractivity contribution < 1.29 is 0 Å². The average Bonchev–Trinajstić information content (AvgIpc) is 3.88. The number of rotatable bonds is 28. The summed E-state index contributed by atoms with van der Waals surface area (Å²) in [6, 6.07) is 10.7. The van der Waals surface area contributed by atoms with E-state index < -0.39 is 36.8 Å². The Hall–Kier alpha value is 0.697. The first-order valence-electron chi connectivity index (χ1n) is 21.3. The maximum absolute atomic E-state index is 2.82. The van der Waals surface area contributed by atoms with E-state index in [1.165, 1.54) is 116 Å². The summed E-state index contributed by atoms with van der Waals surface area (Å²) < 4.78 is 13.3. The first kappa shape index (κ1) is 44.1. The van der Waals surface area contributed by atoms with Crippen LogP contribution < -0.4 is 5.79 Å². The van der Waals surface area contributed by atoms with Crippen LogP contribution in [0.1, 0.15) is 169 Å². The Morgan fingerprint density at radius 2 is 0.673 bits per heavy atom. The fourth-order valence-corrected chi connectivity index (χ4v) is 50.2. The SMILES string of the molecule is CCCCc1c[c]([Sn]([CH2]CCC)([CH2]CCC)[CH2]CCC)sc1-c1ccc(-c2s[c]([Sn]([CH2]CCC)([CH2]CCC)[CH2]CCC)cc2CCCC)s1. The van der Waals surface area contributed by atoms with Gasteiger partial charge in [-0.1, -0.05) is 0 Å². The maximum atomic E-state index is 2.82. The zero-order valence-electron chi connectivity index (χ0n) is 33.5. The van der Waals surface area contributed by atoms with Gasteiger partial charge in [-0.3, -0.25) is 0 Å². The van der Waals surface area contributed by atoms with Crippen LogP contribution in [0.3, 0.4) is 0 Å². The second-order valence-corrected chi connectivity index (χ2v) is 47.0. The van der Waals surface area contributed by atoms with Gasteiger partial charge in [0.05, 0.1) is 0 Å². The molecule has 0 nitrogen and oxygen atoms in total. The molecule has 0 aliphatic carbocycles. The van der Waals surface area contributed by atoms with Gasteiger partial charge in [0, 0.05) is 0 Å². The fraction of sp³-hybridized carbons (Fsp3) is 0.727. The minimum atomic E-state index is -2.48. The second kappa shape index (κ2) is 24.2. The van der Waals surface area contributed by atoms with Gasteiger partial charge in [-0.25, -0.2) is 0 Å². The first-order chi connectivity index (χ1) is 23.9. The Morgan fingerprint density at radius 1 is 0.388 bits per heavy atom. The molecular weight excluding hydrogens is 862 g/mol. The minimum absolute atomic E-state index is 1.26. The third-order valence-electron chi connectivity index (χ3n) is 11.4. The van der Waals surface area contributed by atoms with Crippen LogP contribution in [0, 0.1) is 0 Å². The van der Waals surface area contributed by atoms with Crippen LogP contribution in [0.2, 0.25) is 26.6 Å². The van der Waals surface area contributed by atoms with Crippen LogP contribution in [0.4, 0.5) is 0 Å². The van der Waals surface area contributed by atoms with Crippen molar-refractivity contribution in [1.29, 1.82) is 0 Å². The van der Waals surface area contributed by atoms with Crippen LogP contribution in [0.5, 0.6) is 0 Å². The standard InChI is InChI=1S/C20H22S3.6C4H9.2Sn/c1-3-5-7-15-11-13-21-19(15)17-9-10-18(23-17)20-16(8-6-4-2)12-14-22-20;6*1-3-4-2;;/h9-12H,3-8H2,1-2H3;6*1,3-4H2,2H3;;. The Morgan fingerprint density at radius 3 is 0.939 bits per heavy atom. The fourth-order valence-electron chi connectivity index (χ4n) is 8.07. The van der Waals surface area contributed by atoms with Crippen molar-refractivity contribution >= 4 is 76.6 Å². The Kier molecular flexibility index (Phi) is 21.8.